The summed E-state index contributed by atoms with van der Waals surface area (Å²) in [6, 6.07) is 10.6. The molecule has 0 heterocycles. The van der Waals surface area contributed by atoms with Crippen molar-refractivity contribution in [2.45, 2.75) is 13.8 Å². The van der Waals surface area contributed by atoms with Gasteiger partial charge in [-0.1, -0.05) is 35.3 Å². The maximum absolute atomic E-state index is 11.8. The van der Waals surface area contributed by atoms with E-state index in [4.69, 9.17) is 32.7 Å². The summed E-state index contributed by atoms with van der Waals surface area (Å²) in [6.45, 7) is 4.23. The van der Waals surface area contributed by atoms with Crippen molar-refractivity contribution in [2.75, 3.05) is 18.5 Å². The molecular formula is C17H17Cl2NO3. The van der Waals surface area contributed by atoms with E-state index in [0.717, 1.165) is 16.8 Å². The summed E-state index contributed by atoms with van der Waals surface area (Å²) < 4.78 is 10.5. The second-order valence-corrected chi connectivity index (χ2v) is 5.78. The van der Waals surface area contributed by atoms with Gasteiger partial charge in [0.15, 0.2) is 0 Å². The fourth-order valence-corrected chi connectivity index (χ4v) is 2.37. The predicted molar refractivity (Wildman–Crippen MR) is 92.8 cm³/mol. The zero-order chi connectivity index (χ0) is 16.8. The van der Waals surface area contributed by atoms with Crippen LogP contribution in [-0.2, 0) is 4.74 Å². The van der Waals surface area contributed by atoms with E-state index in [1.165, 1.54) is 0 Å². The van der Waals surface area contributed by atoms with Gasteiger partial charge < -0.3 is 9.47 Å². The Bertz CT molecular complexity index is 704. The van der Waals surface area contributed by atoms with Gasteiger partial charge in [0, 0.05) is 10.7 Å². The monoisotopic (exact) mass is 353 g/mol. The number of aryl methyl sites for hydroxylation is 1. The lowest BCUT2D eigenvalue weighted by Gasteiger charge is -2.11. The normalized spacial score (nSPS) is 10.3. The topological polar surface area (TPSA) is 47.6 Å². The highest BCUT2D eigenvalue weighted by Crippen LogP contribution is 2.27. The summed E-state index contributed by atoms with van der Waals surface area (Å²) in [5, 5.41) is 3.66. The van der Waals surface area contributed by atoms with Gasteiger partial charge in [-0.15, -0.1) is 0 Å². The van der Waals surface area contributed by atoms with Gasteiger partial charge in [0.1, 0.15) is 19.0 Å². The van der Waals surface area contributed by atoms with Crippen LogP contribution >= 0.6 is 23.2 Å². The second kappa shape index (κ2) is 8.09. The minimum absolute atomic E-state index is 0.107. The Balaban J connectivity index is 1.78. The molecule has 0 atom stereocenters. The lowest BCUT2D eigenvalue weighted by molar-refractivity contribution is 0.138. The summed E-state index contributed by atoms with van der Waals surface area (Å²) in [5.41, 5.74) is 2.84. The zero-order valence-electron chi connectivity index (χ0n) is 12.9. The van der Waals surface area contributed by atoms with Crippen LogP contribution in [-0.4, -0.2) is 19.3 Å². The first-order chi connectivity index (χ1) is 11.0. The number of rotatable bonds is 5. The Morgan fingerprint density at radius 2 is 1.91 bits per heavy atom. The zero-order valence-corrected chi connectivity index (χ0v) is 14.4. The van der Waals surface area contributed by atoms with E-state index in [-0.39, 0.29) is 13.2 Å². The molecule has 0 spiro atoms. The fourth-order valence-electron chi connectivity index (χ4n) is 1.91. The summed E-state index contributed by atoms with van der Waals surface area (Å²) >= 11 is 11.8. The third-order valence-corrected chi connectivity index (χ3v) is 3.84. The molecule has 1 amide bonds. The lowest BCUT2D eigenvalue weighted by atomic mass is 10.1. The molecule has 0 radical (unpaired) electrons. The third kappa shape index (κ3) is 5.05. The molecule has 2 aromatic rings. The number of anilines is 1. The molecule has 122 valence electrons. The predicted octanol–water partition coefficient (Wildman–Crippen LogP) is 5.24. The molecule has 0 saturated carbocycles. The Labute approximate surface area is 145 Å². The Hall–Kier alpha value is -1.91. The highest BCUT2D eigenvalue weighted by atomic mass is 35.5. The van der Waals surface area contributed by atoms with Gasteiger partial charge in [-0.25, -0.2) is 4.79 Å². The van der Waals surface area contributed by atoms with Gasteiger partial charge in [-0.3, -0.25) is 5.32 Å². The molecular weight excluding hydrogens is 337 g/mol. The van der Waals surface area contributed by atoms with Crippen molar-refractivity contribution in [3.8, 4) is 5.75 Å². The van der Waals surface area contributed by atoms with Crippen molar-refractivity contribution in [3.63, 3.8) is 0 Å². The quantitative estimate of drug-likeness (QED) is 0.747. The van der Waals surface area contributed by atoms with Crippen LogP contribution in [0.4, 0.5) is 10.5 Å². The molecule has 1 N–H and O–H groups in total. The van der Waals surface area contributed by atoms with Gasteiger partial charge >= 0.3 is 6.09 Å². The first kappa shape index (κ1) is 17.4. The van der Waals surface area contributed by atoms with Crippen LogP contribution in [0, 0.1) is 13.8 Å². The highest BCUT2D eigenvalue weighted by molar-refractivity contribution is 6.35. The smallest absolute Gasteiger partial charge is 0.411 e. The van der Waals surface area contributed by atoms with Crippen molar-refractivity contribution >= 4 is 35.0 Å². The van der Waals surface area contributed by atoms with E-state index in [0.29, 0.717) is 15.8 Å². The van der Waals surface area contributed by atoms with E-state index in [9.17, 15) is 4.79 Å². The maximum atomic E-state index is 11.8. The van der Waals surface area contributed by atoms with Crippen LogP contribution < -0.4 is 10.1 Å². The van der Waals surface area contributed by atoms with Gasteiger partial charge in [0.2, 0.25) is 0 Å². The first-order valence-corrected chi connectivity index (χ1v) is 7.81. The van der Waals surface area contributed by atoms with Crippen LogP contribution in [0.2, 0.25) is 10.0 Å². The van der Waals surface area contributed by atoms with Crippen LogP contribution in [0.5, 0.6) is 5.75 Å². The summed E-state index contributed by atoms with van der Waals surface area (Å²) in [7, 11) is 0. The number of nitrogens with one attached hydrogen (secondary N) is 1. The van der Waals surface area contributed by atoms with E-state index < -0.39 is 6.09 Å². The number of carbonyl (C=O) groups is 1. The molecule has 0 bridgehead atoms. The Kier molecular flexibility index (Phi) is 6.13. The van der Waals surface area contributed by atoms with Crippen LogP contribution in [0.1, 0.15) is 11.1 Å². The van der Waals surface area contributed by atoms with Gasteiger partial charge in [-0.05, 0) is 49.2 Å². The van der Waals surface area contributed by atoms with Gasteiger partial charge in [0.05, 0.1) is 5.02 Å². The number of amides is 1. The molecule has 0 aliphatic heterocycles. The van der Waals surface area contributed by atoms with Crippen molar-refractivity contribution < 1.29 is 14.3 Å². The molecule has 6 heteroatoms. The number of halogens is 2. The van der Waals surface area contributed by atoms with Crippen LogP contribution in [0.3, 0.4) is 0 Å². The molecule has 4 nitrogen and oxygen atoms in total. The number of benzene rings is 2. The van der Waals surface area contributed by atoms with Crippen LogP contribution in [0.15, 0.2) is 36.4 Å². The number of ether oxygens (including phenoxy) is 2. The van der Waals surface area contributed by atoms with Crippen molar-refractivity contribution in [1.29, 1.82) is 0 Å². The molecule has 2 aromatic carbocycles. The highest BCUT2D eigenvalue weighted by Gasteiger charge is 2.07. The maximum Gasteiger partial charge on any atom is 0.411 e. The van der Waals surface area contributed by atoms with E-state index in [2.05, 4.69) is 5.32 Å². The SMILES string of the molecule is Cc1cccc(NC(=O)OCCOc2ccc(Cl)cc2Cl)c1C. The summed E-state index contributed by atoms with van der Waals surface area (Å²) in [4.78, 5) is 11.8. The van der Waals surface area contributed by atoms with E-state index in [1.807, 2.05) is 32.0 Å². The molecule has 0 fully saturated rings. The van der Waals surface area contributed by atoms with Gasteiger partial charge in [-0.2, -0.15) is 0 Å². The molecule has 0 aliphatic rings. The van der Waals surface area contributed by atoms with Crippen molar-refractivity contribution in [2.24, 2.45) is 0 Å². The van der Waals surface area contributed by atoms with E-state index >= 15 is 0 Å². The number of hydrogen-bond donors (Lipinski definition) is 1. The van der Waals surface area contributed by atoms with Gasteiger partial charge in [0.25, 0.3) is 0 Å². The lowest BCUT2D eigenvalue weighted by Crippen LogP contribution is -2.18. The standard InChI is InChI=1S/C17H17Cl2NO3/c1-11-4-3-5-15(12(11)2)20-17(21)23-9-8-22-16-7-6-13(18)10-14(16)19/h3-7,10H,8-9H2,1-2H3,(H,20,21). The fraction of sp³-hybridized carbons (Fsp3) is 0.235. The van der Waals surface area contributed by atoms with Crippen molar-refractivity contribution in [3.05, 3.63) is 57.6 Å². The molecule has 0 saturated heterocycles. The molecule has 0 unspecified atom stereocenters. The van der Waals surface area contributed by atoms with E-state index in [1.54, 1.807) is 18.2 Å². The second-order valence-electron chi connectivity index (χ2n) is 4.93. The average Bonchev–Trinajstić information content (AvgIpc) is 2.50. The molecule has 23 heavy (non-hydrogen) atoms. The minimum atomic E-state index is -0.524. The largest absolute Gasteiger partial charge is 0.488 e. The first-order valence-electron chi connectivity index (χ1n) is 7.05. The Morgan fingerprint density at radius 3 is 2.65 bits per heavy atom. The summed E-state index contributed by atoms with van der Waals surface area (Å²) in [6.07, 6.45) is -0.524. The molecule has 0 aliphatic carbocycles. The average molecular weight is 354 g/mol. The van der Waals surface area contributed by atoms with Crippen LogP contribution in [0.25, 0.3) is 0 Å². The molecule has 2 rings (SSSR count). The van der Waals surface area contributed by atoms with Crippen molar-refractivity contribution in [1.82, 2.24) is 0 Å². The summed E-state index contributed by atoms with van der Waals surface area (Å²) in [5.74, 6) is 0.495. The third-order valence-electron chi connectivity index (χ3n) is 3.31. The number of hydrogen-bond acceptors (Lipinski definition) is 3. The number of carbonyl (C=O) groups excluding carboxylic acids is 1. The minimum Gasteiger partial charge on any atom is -0.488 e. The molecule has 0 aromatic heterocycles. The Morgan fingerprint density at radius 1 is 1.13 bits per heavy atom.